The third-order valence-electron chi connectivity index (χ3n) is 4.43. The Kier molecular flexibility index (Phi) is 5.52. The molecule has 0 saturated carbocycles. The molecule has 0 radical (unpaired) electrons. The summed E-state index contributed by atoms with van der Waals surface area (Å²) >= 11 is 0. The Bertz CT molecular complexity index is 443. The van der Waals surface area contributed by atoms with Crippen LogP contribution in [0.3, 0.4) is 0 Å². The monoisotopic (exact) mass is 327 g/mol. The molecule has 2 aliphatic heterocycles. The maximum atomic E-state index is 12.0. The van der Waals surface area contributed by atoms with Gasteiger partial charge >= 0.3 is 12.1 Å². The normalized spacial score (nSPS) is 26.4. The predicted octanol–water partition coefficient (Wildman–Crippen LogP) is 1.14. The van der Waals surface area contributed by atoms with Crippen molar-refractivity contribution in [3.8, 4) is 0 Å². The molecule has 0 spiro atoms. The van der Waals surface area contributed by atoms with E-state index in [-0.39, 0.29) is 0 Å². The molecule has 7 heteroatoms. The number of ether oxygens (including phenoxy) is 1. The van der Waals surface area contributed by atoms with E-state index >= 15 is 0 Å². The highest BCUT2D eigenvalue weighted by Crippen LogP contribution is 2.23. The second-order valence-electron chi connectivity index (χ2n) is 7.59. The molecule has 2 saturated heterocycles. The molecule has 0 aromatic carbocycles. The zero-order chi connectivity index (χ0) is 17.1. The van der Waals surface area contributed by atoms with E-state index in [0.717, 1.165) is 26.2 Å². The van der Waals surface area contributed by atoms with Crippen molar-refractivity contribution in [3.05, 3.63) is 0 Å². The predicted molar refractivity (Wildman–Crippen MR) is 86.5 cm³/mol. The SMILES string of the molecule is CC(C)(C)OC(=O)NC1(C(=O)O)CCN(CCN2CCCC2)C1. The van der Waals surface area contributed by atoms with Crippen LogP contribution in [0.15, 0.2) is 0 Å². The van der Waals surface area contributed by atoms with Crippen LogP contribution in [0, 0.1) is 0 Å². The molecule has 132 valence electrons. The first-order valence-electron chi connectivity index (χ1n) is 8.39. The van der Waals surface area contributed by atoms with Crippen molar-refractivity contribution in [1.82, 2.24) is 15.1 Å². The fourth-order valence-corrected chi connectivity index (χ4v) is 3.20. The van der Waals surface area contributed by atoms with Crippen molar-refractivity contribution in [1.29, 1.82) is 0 Å². The lowest BCUT2D eigenvalue weighted by Crippen LogP contribution is -2.57. The van der Waals surface area contributed by atoms with Crippen LogP contribution < -0.4 is 5.32 Å². The zero-order valence-electron chi connectivity index (χ0n) is 14.4. The van der Waals surface area contributed by atoms with E-state index in [0.29, 0.717) is 19.5 Å². The van der Waals surface area contributed by atoms with Crippen LogP contribution in [0.1, 0.15) is 40.0 Å². The topological polar surface area (TPSA) is 82.1 Å². The number of alkyl carbamates (subject to hydrolysis) is 1. The van der Waals surface area contributed by atoms with Crippen LogP contribution in [0.5, 0.6) is 0 Å². The number of nitrogens with zero attached hydrogens (tertiary/aromatic N) is 2. The molecular weight excluding hydrogens is 298 g/mol. The number of hydrogen-bond donors (Lipinski definition) is 2. The van der Waals surface area contributed by atoms with Gasteiger partial charge in [0.2, 0.25) is 0 Å². The summed E-state index contributed by atoms with van der Waals surface area (Å²) in [4.78, 5) is 28.2. The van der Waals surface area contributed by atoms with Gasteiger partial charge in [-0.1, -0.05) is 0 Å². The van der Waals surface area contributed by atoms with Crippen molar-refractivity contribution < 1.29 is 19.4 Å². The second-order valence-corrected chi connectivity index (χ2v) is 7.59. The van der Waals surface area contributed by atoms with Gasteiger partial charge in [-0.3, -0.25) is 4.90 Å². The molecule has 0 aromatic rings. The molecule has 0 bridgehead atoms. The van der Waals surface area contributed by atoms with Gasteiger partial charge in [-0.2, -0.15) is 0 Å². The van der Waals surface area contributed by atoms with E-state index in [9.17, 15) is 14.7 Å². The second kappa shape index (κ2) is 7.05. The molecular formula is C16H29N3O4. The van der Waals surface area contributed by atoms with Crippen LogP contribution in [-0.4, -0.2) is 77.4 Å². The number of nitrogens with one attached hydrogen (secondary N) is 1. The standard InChI is InChI=1S/C16H29N3O4/c1-15(2,3)23-14(22)17-16(13(20)21)6-9-19(12-16)11-10-18-7-4-5-8-18/h4-12H2,1-3H3,(H,17,22)(H,20,21). The van der Waals surface area contributed by atoms with Gasteiger partial charge in [-0.05, 0) is 53.1 Å². The van der Waals surface area contributed by atoms with E-state index in [1.54, 1.807) is 20.8 Å². The number of aliphatic carboxylic acids is 1. The summed E-state index contributed by atoms with van der Waals surface area (Å²) in [6.45, 7) is 10.4. The highest BCUT2D eigenvalue weighted by Gasteiger charge is 2.46. The van der Waals surface area contributed by atoms with Gasteiger partial charge in [0.05, 0.1) is 0 Å². The number of rotatable bonds is 5. The van der Waals surface area contributed by atoms with Gasteiger partial charge in [0.25, 0.3) is 0 Å². The number of carboxylic acids is 1. The Morgan fingerprint density at radius 3 is 2.30 bits per heavy atom. The molecule has 2 rings (SSSR count). The van der Waals surface area contributed by atoms with Gasteiger partial charge in [-0.25, -0.2) is 9.59 Å². The summed E-state index contributed by atoms with van der Waals surface area (Å²) in [7, 11) is 0. The summed E-state index contributed by atoms with van der Waals surface area (Å²) in [5.74, 6) is -0.993. The Balaban J connectivity index is 1.88. The minimum Gasteiger partial charge on any atom is -0.479 e. The first-order chi connectivity index (χ1) is 10.7. The molecule has 2 fully saturated rings. The quantitative estimate of drug-likeness (QED) is 0.788. The molecule has 23 heavy (non-hydrogen) atoms. The maximum Gasteiger partial charge on any atom is 0.408 e. The fraction of sp³-hybridized carbons (Fsp3) is 0.875. The molecule has 1 amide bonds. The van der Waals surface area contributed by atoms with Crippen molar-refractivity contribution in [2.45, 2.75) is 51.2 Å². The average Bonchev–Trinajstić information content (AvgIpc) is 3.03. The van der Waals surface area contributed by atoms with E-state index in [4.69, 9.17) is 4.74 Å². The van der Waals surface area contributed by atoms with Gasteiger partial charge in [0.15, 0.2) is 5.54 Å². The molecule has 2 N–H and O–H groups in total. The highest BCUT2D eigenvalue weighted by atomic mass is 16.6. The average molecular weight is 327 g/mol. The van der Waals surface area contributed by atoms with Crippen molar-refractivity contribution in [2.24, 2.45) is 0 Å². The number of amides is 1. The lowest BCUT2D eigenvalue weighted by atomic mass is 9.99. The highest BCUT2D eigenvalue weighted by molar-refractivity contribution is 5.85. The molecule has 7 nitrogen and oxygen atoms in total. The number of likely N-dealkylation sites (tertiary alicyclic amines) is 2. The summed E-state index contributed by atoms with van der Waals surface area (Å²) in [5.41, 5.74) is -1.88. The summed E-state index contributed by atoms with van der Waals surface area (Å²) < 4.78 is 5.21. The fourth-order valence-electron chi connectivity index (χ4n) is 3.20. The van der Waals surface area contributed by atoms with Gasteiger partial charge in [-0.15, -0.1) is 0 Å². The van der Waals surface area contributed by atoms with Gasteiger partial charge in [0.1, 0.15) is 5.60 Å². The minimum absolute atomic E-state index is 0.329. The summed E-state index contributed by atoms with van der Waals surface area (Å²) in [6.07, 6.45) is 2.24. The first kappa shape index (κ1) is 18.0. The van der Waals surface area contributed by atoms with E-state index in [2.05, 4.69) is 15.1 Å². The molecule has 0 aromatic heterocycles. The van der Waals surface area contributed by atoms with E-state index in [1.807, 2.05) is 0 Å². The van der Waals surface area contributed by atoms with Crippen LogP contribution in [0.2, 0.25) is 0 Å². The molecule has 1 atom stereocenters. The van der Waals surface area contributed by atoms with E-state index < -0.39 is 23.2 Å². The smallest absolute Gasteiger partial charge is 0.408 e. The van der Waals surface area contributed by atoms with Crippen LogP contribution in [0.25, 0.3) is 0 Å². The number of carbonyl (C=O) groups excluding carboxylic acids is 1. The Morgan fingerprint density at radius 1 is 1.13 bits per heavy atom. The Hall–Kier alpha value is -1.34. The lowest BCUT2D eigenvalue weighted by Gasteiger charge is -2.28. The van der Waals surface area contributed by atoms with Crippen molar-refractivity contribution in [2.75, 3.05) is 39.3 Å². The number of carboxylic acid groups (broad SMARTS) is 1. The number of carbonyl (C=O) groups is 2. The lowest BCUT2D eigenvalue weighted by molar-refractivity contribution is -0.144. The van der Waals surface area contributed by atoms with Gasteiger partial charge < -0.3 is 20.1 Å². The van der Waals surface area contributed by atoms with Crippen LogP contribution >= 0.6 is 0 Å². The Labute approximate surface area is 138 Å². The number of hydrogen-bond acceptors (Lipinski definition) is 5. The maximum absolute atomic E-state index is 12.0. The minimum atomic E-state index is -1.24. The molecule has 1 unspecified atom stereocenters. The first-order valence-corrected chi connectivity index (χ1v) is 8.39. The largest absolute Gasteiger partial charge is 0.479 e. The third-order valence-corrected chi connectivity index (χ3v) is 4.43. The Morgan fingerprint density at radius 2 is 1.74 bits per heavy atom. The summed E-state index contributed by atoms with van der Waals surface area (Å²) in [5, 5.41) is 12.2. The molecule has 2 heterocycles. The molecule has 0 aliphatic carbocycles. The summed E-state index contributed by atoms with van der Waals surface area (Å²) in [6, 6.07) is 0. The van der Waals surface area contributed by atoms with Gasteiger partial charge in [0, 0.05) is 26.2 Å². The van der Waals surface area contributed by atoms with E-state index in [1.165, 1.54) is 12.8 Å². The van der Waals surface area contributed by atoms with Crippen molar-refractivity contribution in [3.63, 3.8) is 0 Å². The zero-order valence-corrected chi connectivity index (χ0v) is 14.4. The van der Waals surface area contributed by atoms with Crippen LogP contribution in [-0.2, 0) is 9.53 Å². The van der Waals surface area contributed by atoms with Crippen molar-refractivity contribution >= 4 is 12.1 Å². The molecule has 2 aliphatic rings. The third kappa shape index (κ3) is 5.07. The van der Waals surface area contributed by atoms with Crippen LogP contribution in [0.4, 0.5) is 4.79 Å².